The number of carbonyl (C=O) groups excluding carboxylic acids is 2. The molecule has 0 radical (unpaired) electrons. The zero-order chi connectivity index (χ0) is 24.2. The van der Waals surface area contributed by atoms with Gasteiger partial charge in [0, 0.05) is 6.92 Å². The Hall–Kier alpha value is -3.25. The molecule has 4 rings (SSSR count). The highest BCUT2D eigenvalue weighted by Gasteiger charge is 2.52. The van der Waals surface area contributed by atoms with Gasteiger partial charge in [-0.1, -0.05) is 12.1 Å². The van der Waals surface area contributed by atoms with Crippen LogP contribution < -0.4 is 10.1 Å². The molecule has 34 heavy (non-hydrogen) atoms. The Kier molecular flexibility index (Phi) is 7.27. The second-order valence-corrected chi connectivity index (χ2v) is 7.89. The number of nitrogens with one attached hydrogen (secondary N) is 1. The maximum absolute atomic E-state index is 12.1. The minimum atomic E-state index is -1.20. The Morgan fingerprint density at radius 3 is 2.59 bits per heavy atom. The van der Waals surface area contributed by atoms with Crippen LogP contribution in [0, 0.1) is 0 Å². The Morgan fingerprint density at radius 2 is 1.91 bits per heavy atom. The number of carboxylic acids is 1. The van der Waals surface area contributed by atoms with Crippen molar-refractivity contribution in [3.8, 4) is 5.75 Å². The molecule has 1 aromatic heterocycles. The predicted octanol–water partition coefficient (Wildman–Crippen LogP) is 1.67. The first-order valence-corrected chi connectivity index (χ1v) is 10.7. The molecule has 182 valence electrons. The van der Waals surface area contributed by atoms with E-state index in [-0.39, 0.29) is 18.1 Å². The molecule has 2 aliphatic heterocycles. The minimum Gasteiger partial charge on any atom is -0.480 e. The number of carboxylic acid groups (broad SMARTS) is 1. The fourth-order valence-electron chi connectivity index (χ4n) is 3.98. The average Bonchev–Trinajstić information content (AvgIpc) is 3.33. The largest absolute Gasteiger partial charge is 0.480 e. The Labute approximate surface area is 194 Å². The third kappa shape index (κ3) is 5.28. The van der Waals surface area contributed by atoms with Gasteiger partial charge in [-0.25, -0.2) is 4.79 Å². The van der Waals surface area contributed by atoms with Crippen LogP contribution in [0.15, 0.2) is 47.1 Å². The van der Waals surface area contributed by atoms with Crippen LogP contribution in [0.4, 0.5) is 0 Å². The fraction of sp³-hybridized carbons (Fsp3) is 0.435. The molecule has 0 spiro atoms. The summed E-state index contributed by atoms with van der Waals surface area (Å²) < 4.78 is 34.9. The topological polar surface area (TPSA) is 143 Å². The number of para-hydroxylation sites is 1. The van der Waals surface area contributed by atoms with Crippen LogP contribution in [0.5, 0.6) is 5.75 Å². The molecule has 11 nitrogen and oxygen atoms in total. The van der Waals surface area contributed by atoms with E-state index in [9.17, 15) is 19.5 Å². The van der Waals surface area contributed by atoms with E-state index in [2.05, 4.69) is 5.32 Å². The van der Waals surface area contributed by atoms with E-state index in [0.29, 0.717) is 11.3 Å². The van der Waals surface area contributed by atoms with Gasteiger partial charge in [-0.2, -0.15) is 0 Å². The van der Waals surface area contributed by atoms with Crippen LogP contribution in [0.1, 0.15) is 36.3 Å². The lowest BCUT2D eigenvalue weighted by Crippen LogP contribution is -2.68. The van der Waals surface area contributed by atoms with E-state index in [4.69, 9.17) is 28.1 Å². The summed E-state index contributed by atoms with van der Waals surface area (Å²) >= 11 is 0. The fourth-order valence-corrected chi connectivity index (χ4v) is 3.98. The van der Waals surface area contributed by atoms with Crippen LogP contribution in [0.25, 0.3) is 0 Å². The van der Waals surface area contributed by atoms with Gasteiger partial charge in [0.25, 0.3) is 0 Å². The van der Waals surface area contributed by atoms with E-state index in [1.807, 2.05) is 0 Å². The number of fused-ring (bicyclic) bond motifs is 1. The van der Waals surface area contributed by atoms with Crippen LogP contribution >= 0.6 is 0 Å². The standard InChI is InChI=1S/C23H25NO10/c1-12(25)14-6-3-4-7-15(14)32-23-19(24-13(2)26)21(30-11-18(27)28)20-17(33-23)10-31-22(34-20)16-8-5-9-29-16/h3-9,17,19-23H,10-11H2,1-2H3,(H,24,26)(H,27,28). The number of benzene rings is 1. The zero-order valence-corrected chi connectivity index (χ0v) is 18.5. The number of carbonyl (C=O) groups is 3. The van der Waals surface area contributed by atoms with Gasteiger partial charge >= 0.3 is 5.97 Å². The molecule has 2 N–H and O–H groups in total. The summed E-state index contributed by atoms with van der Waals surface area (Å²) in [5.41, 5.74) is 0.326. The van der Waals surface area contributed by atoms with E-state index < -0.39 is 55.4 Å². The molecule has 0 bridgehead atoms. The second kappa shape index (κ2) is 10.3. The third-order valence-corrected chi connectivity index (χ3v) is 5.39. The third-order valence-electron chi connectivity index (χ3n) is 5.39. The van der Waals surface area contributed by atoms with Gasteiger partial charge in [0.05, 0.1) is 18.4 Å². The quantitative estimate of drug-likeness (QED) is 0.541. The number of rotatable bonds is 8. The van der Waals surface area contributed by atoms with Gasteiger partial charge in [-0.15, -0.1) is 0 Å². The van der Waals surface area contributed by atoms with Gasteiger partial charge in [0.1, 0.15) is 36.7 Å². The van der Waals surface area contributed by atoms with Crippen molar-refractivity contribution in [3.05, 3.63) is 54.0 Å². The molecule has 1 aromatic carbocycles. The predicted molar refractivity (Wildman–Crippen MR) is 113 cm³/mol. The lowest BCUT2D eigenvalue weighted by Gasteiger charge is -2.48. The second-order valence-electron chi connectivity index (χ2n) is 7.89. The first-order valence-electron chi connectivity index (χ1n) is 10.7. The molecular formula is C23H25NO10. The smallest absolute Gasteiger partial charge is 0.329 e. The molecule has 3 heterocycles. The maximum Gasteiger partial charge on any atom is 0.329 e. The van der Waals surface area contributed by atoms with E-state index >= 15 is 0 Å². The molecule has 2 fully saturated rings. The first-order chi connectivity index (χ1) is 16.3. The average molecular weight is 475 g/mol. The van der Waals surface area contributed by atoms with Crippen molar-refractivity contribution in [1.82, 2.24) is 5.32 Å². The number of hydrogen-bond acceptors (Lipinski definition) is 9. The lowest BCUT2D eigenvalue weighted by molar-refractivity contribution is -0.340. The molecule has 11 heteroatoms. The van der Waals surface area contributed by atoms with Crippen molar-refractivity contribution in [1.29, 1.82) is 0 Å². The molecule has 2 aromatic rings. The summed E-state index contributed by atoms with van der Waals surface area (Å²) in [5.74, 6) is -1.17. The first kappa shape index (κ1) is 23.9. The van der Waals surface area contributed by atoms with Crippen LogP contribution in [0.3, 0.4) is 0 Å². The zero-order valence-electron chi connectivity index (χ0n) is 18.5. The van der Waals surface area contributed by atoms with E-state index in [1.54, 1.807) is 36.4 Å². The van der Waals surface area contributed by atoms with Gasteiger partial charge in [-0.3, -0.25) is 9.59 Å². The minimum absolute atomic E-state index is 0.0595. The number of furan rings is 1. The van der Waals surface area contributed by atoms with Crippen LogP contribution in [0.2, 0.25) is 0 Å². The summed E-state index contributed by atoms with van der Waals surface area (Å²) in [6, 6.07) is 9.00. The van der Waals surface area contributed by atoms with Gasteiger partial charge < -0.3 is 38.5 Å². The monoisotopic (exact) mass is 475 g/mol. The van der Waals surface area contributed by atoms with E-state index in [0.717, 1.165) is 0 Å². The molecule has 0 saturated carbocycles. The van der Waals surface area contributed by atoms with Crippen molar-refractivity contribution in [2.75, 3.05) is 13.2 Å². The van der Waals surface area contributed by atoms with E-state index in [1.165, 1.54) is 20.1 Å². The summed E-state index contributed by atoms with van der Waals surface area (Å²) in [4.78, 5) is 35.4. The molecular weight excluding hydrogens is 450 g/mol. The highest BCUT2D eigenvalue weighted by atomic mass is 16.8. The molecule has 2 aliphatic rings. The highest BCUT2D eigenvalue weighted by molar-refractivity contribution is 5.96. The van der Waals surface area contributed by atoms with Crippen molar-refractivity contribution < 1.29 is 47.6 Å². The Balaban J connectivity index is 1.65. The molecule has 1 amide bonds. The summed E-state index contributed by atoms with van der Waals surface area (Å²) in [5, 5.41) is 11.9. The van der Waals surface area contributed by atoms with Gasteiger partial charge in [0.15, 0.2) is 11.5 Å². The van der Waals surface area contributed by atoms with Crippen molar-refractivity contribution in [2.45, 2.75) is 50.8 Å². The van der Waals surface area contributed by atoms with Crippen molar-refractivity contribution in [3.63, 3.8) is 0 Å². The number of hydrogen-bond donors (Lipinski definition) is 2. The number of ketones is 1. The van der Waals surface area contributed by atoms with Crippen LogP contribution in [-0.2, 0) is 28.5 Å². The summed E-state index contributed by atoms with van der Waals surface area (Å²) in [6.07, 6.45) is -3.04. The van der Waals surface area contributed by atoms with Gasteiger partial charge in [0.2, 0.25) is 18.5 Å². The molecule has 0 aliphatic carbocycles. The summed E-state index contributed by atoms with van der Waals surface area (Å²) in [6.45, 7) is 2.12. The molecule has 6 atom stereocenters. The van der Waals surface area contributed by atoms with Gasteiger partial charge in [-0.05, 0) is 31.2 Å². The molecule has 6 unspecified atom stereocenters. The Morgan fingerprint density at radius 1 is 1.12 bits per heavy atom. The number of amides is 1. The Bertz CT molecular complexity index is 1020. The highest BCUT2D eigenvalue weighted by Crippen LogP contribution is 2.36. The number of aliphatic carboxylic acids is 1. The number of ether oxygens (including phenoxy) is 5. The normalized spacial score (nSPS) is 28.5. The lowest BCUT2D eigenvalue weighted by atomic mass is 9.95. The maximum atomic E-state index is 12.1. The van der Waals surface area contributed by atoms with Crippen molar-refractivity contribution >= 4 is 17.7 Å². The summed E-state index contributed by atoms with van der Waals surface area (Å²) in [7, 11) is 0. The van der Waals surface area contributed by atoms with Crippen LogP contribution in [-0.4, -0.2) is 66.6 Å². The van der Waals surface area contributed by atoms with Crippen molar-refractivity contribution in [2.24, 2.45) is 0 Å². The SMILES string of the molecule is CC(=O)NC1C(Oc2ccccc2C(C)=O)OC2COC(c3ccco3)OC2C1OCC(=O)O. The molecule has 2 saturated heterocycles. The number of Topliss-reactive ketones (excluding diaryl/α,β-unsaturated/α-hetero) is 1.